The van der Waals surface area contributed by atoms with Crippen LogP contribution in [0.25, 0.3) is 0 Å². The molecule has 0 aliphatic carbocycles. The van der Waals surface area contributed by atoms with Crippen LogP contribution in [0.5, 0.6) is 0 Å². The second-order valence-electron chi connectivity index (χ2n) is 4.79. The number of hydrogen-bond acceptors (Lipinski definition) is 2. The van der Waals surface area contributed by atoms with Gasteiger partial charge in [-0.3, -0.25) is 4.90 Å². The van der Waals surface area contributed by atoms with Gasteiger partial charge in [-0.1, -0.05) is 18.2 Å². The van der Waals surface area contributed by atoms with Crippen molar-refractivity contribution in [3.63, 3.8) is 0 Å². The highest BCUT2D eigenvalue weighted by atomic mass is 16.4. The third-order valence-electron chi connectivity index (χ3n) is 3.60. The highest BCUT2D eigenvalue weighted by Crippen LogP contribution is 2.28. The number of carboxylic acids is 1. The second kappa shape index (κ2) is 5.83. The third kappa shape index (κ3) is 2.99. The van der Waals surface area contributed by atoms with Gasteiger partial charge in [-0.25, -0.2) is 4.79 Å². The first-order chi connectivity index (χ1) is 8.70. The SMILES string of the molecule is C=CCN1CCC(c2ccc(C(=O)O)cc2)CC1. The number of hydrogen-bond donors (Lipinski definition) is 1. The van der Waals surface area contributed by atoms with E-state index < -0.39 is 5.97 Å². The number of aromatic carboxylic acids is 1. The Labute approximate surface area is 108 Å². The lowest BCUT2D eigenvalue weighted by Gasteiger charge is -2.31. The summed E-state index contributed by atoms with van der Waals surface area (Å²) in [5.74, 6) is -0.295. The van der Waals surface area contributed by atoms with Crippen LogP contribution in [0.2, 0.25) is 0 Å². The van der Waals surface area contributed by atoms with E-state index in [0.29, 0.717) is 11.5 Å². The zero-order valence-corrected chi connectivity index (χ0v) is 10.5. The summed E-state index contributed by atoms with van der Waals surface area (Å²) in [6.45, 7) is 6.91. The molecule has 1 aromatic rings. The van der Waals surface area contributed by atoms with Crippen LogP contribution in [0, 0.1) is 0 Å². The lowest BCUT2D eigenvalue weighted by molar-refractivity contribution is 0.0697. The van der Waals surface area contributed by atoms with Crippen LogP contribution in [0.1, 0.15) is 34.7 Å². The minimum atomic E-state index is -0.859. The molecule has 96 valence electrons. The average Bonchev–Trinajstić information content (AvgIpc) is 2.40. The molecule has 0 atom stereocenters. The van der Waals surface area contributed by atoms with Crippen LogP contribution in [-0.4, -0.2) is 35.6 Å². The second-order valence-corrected chi connectivity index (χ2v) is 4.79. The fourth-order valence-corrected chi connectivity index (χ4v) is 2.53. The molecule has 3 heteroatoms. The monoisotopic (exact) mass is 245 g/mol. The van der Waals surface area contributed by atoms with Crippen LogP contribution in [-0.2, 0) is 0 Å². The van der Waals surface area contributed by atoms with Crippen LogP contribution < -0.4 is 0 Å². The Hall–Kier alpha value is -1.61. The molecule has 1 aromatic carbocycles. The Morgan fingerprint density at radius 1 is 1.33 bits per heavy atom. The fourth-order valence-electron chi connectivity index (χ4n) is 2.53. The molecular weight excluding hydrogens is 226 g/mol. The third-order valence-corrected chi connectivity index (χ3v) is 3.60. The van der Waals surface area contributed by atoms with Crippen molar-refractivity contribution in [2.75, 3.05) is 19.6 Å². The zero-order chi connectivity index (χ0) is 13.0. The molecule has 1 fully saturated rings. The summed E-state index contributed by atoms with van der Waals surface area (Å²) in [5, 5.41) is 8.86. The molecule has 0 amide bonds. The zero-order valence-electron chi connectivity index (χ0n) is 10.5. The van der Waals surface area contributed by atoms with E-state index in [1.54, 1.807) is 12.1 Å². The minimum Gasteiger partial charge on any atom is -0.478 e. The first-order valence-electron chi connectivity index (χ1n) is 6.37. The molecule has 3 nitrogen and oxygen atoms in total. The van der Waals surface area contributed by atoms with Gasteiger partial charge in [0.25, 0.3) is 0 Å². The Kier molecular flexibility index (Phi) is 4.15. The largest absolute Gasteiger partial charge is 0.478 e. The molecule has 2 rings (SSSR count). The summed E-state index contributed by atoms with van der Waals surface area (Å²) < 4.78 is 0. The molecule has 1 N–H and O–H groups in total. The van der Waals surface area contributed by atoms with Gasteiger partial charge in [-0.05, 0) is 49.5 Å². The molecule has 1 saturated heterocycles. The number of carboxylic acid groups (broad SMARTS) is 1. The quantitative estimate of drug-likeness (QED) is 0.829. The molecule has 1 heterocycles. The van der Waals surface area contributed by atoms with Gasteiger partial charge >= 0.3 is 5.97 Å². The van der Waals surface area contributed by atoms with Crippen molar-refractivity contribution in [3.8, 4) is 0 Å². The molecule has 0 bridgehead atoms. The van der Waals surface area contributed by atoms with Crippen molar-refractivity contribution < 1.29 is 9.90 Å². The van der Waals surface area contributed by atoms with Gasteiger partial charge in [0.05, 0.1) is 5.56 Å². The van der Waals surface area contributed by atoms with Gasteiger partial charge in [0.2, 0.25) is 0 Å². The molecule has 0 radical (unpaired) electrons. The number of rotatable bonds is 4. The highest BCUT2D eigenvalue weighted by Gasteiger charge is 2.19. The van der Waals surface area contributed by atoms with Crippen LogP contribution >= 0.6 is 0 Å². The van der Waals surface area contributed by atoms with Crippen molar-refractivity contribution in [3.05, 3.63) is 48.0 Å². The van der Waals surface area contributed by atoms with Crippen LogP contribution in [0.3, 0.4) is 0 Å². The maximum atomic E-state index is 10.8. The Morgan fingerprint density at radius 3 is 2.44 bits per heavy atom. The average molecular weight is 245 g/mol. The summed E-state index contributed by atoms with van der Waals surface area (Å²) in [6, 6.07) is 7.32. The highest BCUT2D eigenvalue weighted by molar-refractivity contribution is 5.87. The summed E-state index contributed by atoms with van der Waals surface area (Å²) >= 11 is 0. The van der Waals surface area contributed by atoms with Gasteiger partial charge in [-0.15, -0.1) is 6.58 Å². The van der Waals surface area contributed by atoms with Gasteiger partial charge in [-0.2, -0.15) is 0 Å². The van der Waals surface area contributed by atoms with Crippen LogP contribution in [0.4, 0.5) is 0 Å². The summed E-state index contributed by atoms with van der Waals surface area (Å²) in [4.78, 5) is 13.2. The van der Waals surface area contributed by atoms with Crippen molar-refractivity contribution in [1.82, 2.24) is 4.90 Å². The van der Waals surface area contributed by atoms with Crippen molar-refractivity contribution in [2.24, 2.45) is 0 Å². The van der Waals surface area contributed by atoms with Gasteiger partial charge in [0.1, 0.15) is 0 Å². The summed E-state index contributed by atoms with van der Waals surface area (Å²) in [7, 11) is 0. The number of nitrogens with zero attached hydrogens (tertiary/aromatic N) is 1. The lowest BCUT2D eigenvalue weighted by Crippen LogP contribution is -2.32. The molecule has 18 heavy (non-hydrogen) atoms. The van der Waals surface area contributed by atoms with Crippen molar-refractivity contribution in [1.29, 1.82) is 0 Å². The molecule has 1 aliphatic heterocycles. The number of likely N-dealkylation sites (tertiary alicyclic amines) is 1. The molecule has 0 aromatic heterocycles. The predicted octanol–water partition coefficient (Wildman–Crippen LogP) is 2.75. The van der Waals surface area contributed by atoms with Gasteiger partial charge in [0, 0.05) is 6.54 Å². The minimum absolute atomic E-state index is 0.364. The molecular formula is C15H19NO2. The van der Waals surface area contributed by atoms with E-state index >= 15 is 0 Å². The van der Waals surface area contributed by atoms with E-state index in [1.807, 2.05) is 18.2 Å². The maximum absolute atomic E-state index is 10.8. The fraction of sp³-hybridized carbons (Fsp3) is 0.400. The first-order valence-corrected chi connectivity index (χ1v) is 6.37. The first kappa shape index (κ1) is 12.8. The van der Waals surface area contributed by atoms with E-state index in [-0.39, 0.29) is 0 Å². The molecule has 0 spiro atoms. The Morgan fingerprint density at radius 2 is 1.94 bits per heavy atom. The van der Waals surface area contributed by atoms with Crippen LogP contribution in [0.15, 0.2) is 36.9 Å². The maximum Gasteiger partial charge on any atom is 0.335 e. The molecule has 0 unspecified atom stereocenters. The number of benzene rings is 1. The Bertz CT molecular complexity index is 417. The number of carbonyl (C=O) groups is 1. The molecule has 1 aliphatic rings. The van der Waals surface area contributed by atoms with E-state index in [0.717, 1.165) is 32.5 Å². The standard InChI is InChI=1S/C15H19NO2/c1-2-9-16-10-7-13(8-11-16)12-3-5-14(6-4-12)15(17)18/h2-6,13H,1,7-11H2,(H,17,18). The smallest absolute Gasteiger partial charge is 0.335 e. The van der Waals surface area contributed by atoms with E-state index in [2.05, 4.69) is 11.5 Å². The van der Waals surface area contributed by atoms with E-state index in [9.17, 15) is 4.79 Å². The van der Waals surface area contributed by atoms with Gasteiger partial charge < -0.3 is 5.11 Å². The summed E-state index contributed by atoms with van der Waals surface area (Å²) in [6.07, 6.45) is 4.22. The summed E-state index contributed by atoms with van der Waals surface area (Å²) in [5.41, 5.74) is 1.63. The molecule has 0 saturated carbocycles. The predicted molar refractivity (Wildman–Crippen MR) is 72.0 cm³/mol. The lowest BCUT2D eigenvalue weighted by atomic mass is 9.89. The Balaban J connectivity index is 1.97. The van der Waals surface area contributed by atoms with E-state index in [1.165, 1.54) is 5.56 Å². The topological polar surface area (TPSA) is 40.5 Å². The van der Waals surface area contributed by atoms with Crippen molar-refractivity contribution >= 4 is 5.97 Å². The normalized spacial score (nSPS) is 17.6. The number of piperidine rings is 1. The van der Waals surface area contributed by atoms with E-state index in [4.69, 9.17) is 5.11 Å². The van der Waals surface area contributed by atoms with Gasteiger partial charge in [0.15, 0.2) is 0 Å². The van der Waals surface area contributed by atoms with Crippen molar-refractivity contribution in [2.45, 2.75) is 18.8 Å².